The molecule has 0 radical (unpaired) electrons. The van der Waals surface area contributed by atoms with Crippen LogP contribution in [0.5, 0.6) is 0 Å². The molecule has 6 nitrogen and oxygen atoms in total. The van der Waals surface area contributed by atoms with Crippen molar-refractivity contribution in [1.82, 2.24) is 15.1 Å². The second-order valence-corrected chi connectivity index (χ2v) is 5.29. The molecule has 1 saturated heterocycles. The first-order chi connectivity index (χ1) is 10.2. The first-order valence-electron chi connectivity index (χ1n) is 7.50. The molecule has 1 aromatic rings. The molecule has 0 bridgehead atoms. The number of carbonyl (C=O) groups excluding carboxylic acids is 1. The molecule has 2 rings (SSSR count). The van der Waals surface area contributed by atoms with E-state index in [1.54, 1.807) is 0 Å². The summed E-state index contributed by atoms with van der Waals surface area (Å²) >= 11 is 0. The summed E-state index contributed by atoms with van der Waals surface area (Å²) in [5.41, 5.74) is 2.18. The van der Waals surface area contributed by atoms with E-state index in [-0.39, 0.29) is 18.6 Å². The average molecular weight is 293 g/mol. The molecule has 116 valence electrons. The lowest BCUT2D eigenvalue weighted by Crippen LogP contribution is -2.41. The number of aromatic nitrogens is 2. The van der Waals surface area contributed by atoms with Crippen molar-refractivity contribution in [2.24, 2.45) is 0 Å². The lowest BCUT2D eigenvalue weighted by Gasteiger charge is -2.32. The van der Waals surface area contributed by atoms with Gasteiger partial charge in [0.25, 0.3) is 5.91 Å². The Kier molecular flexibility index (Phi) is 5.64. The van der Waals surface area contributed by atoms with E-state index in [1.165, 1.54) is 0 Å². The summed E-state index contributed by atoms with van der Waals surface area (Å²) in [5, 5.41) is 16.9. The van der Waals surface area contributed by atoms with Gasteiger partial charge in [-0.15, -0.1) is 0 Å². The smallest absolute Gasteiger partial charge is 0.255 e. The van der Waals surface area contributed by atoms with Gasteiger partial charge >= 0.3 is 0 Å². The summed E-state index contributed by atoms with van der Waals surface area (Å²) in [4.78, 5) is 14.5. The van der Waals surface area contributed by atoms with E-state index >= 15 is 0 Å². The van der Waals surface area contributed by atoms with Crippen molar-refractivity contribution in [3.8, 4) is 0 Å². The molecule has 1 aromatic heterocycles. The quantitative estimate of drug-likeness (QED) is 0.875. The number of hydrogen-bond donors (Lipinski definition) is 1. The van der Waals surface area contributed by atoms with Crippen LogP contribution < -0.4 is 0 Å². The van der Waals surface area contributed by atoms with Gasteiger partial charge in [0, 0.05) is 13.1 Å². The normalized spacial score (nSPS) is 16.2. The van der Waals surface area contributed by atoms with Crippen LogP contribution in [-0.2, 0) is 11.2 Å². The van der Waals surface area contributed by atoms with Crippen molar-refractivity contribution in [2.45, 2.75) is 39.2 Å². The van der Waals surface area contributed by atoms with Crippen LogP contribution in [0, 0.1) is 6.92 Å². The van der Waals surface area contributed by atoms with Gasteiger partial charge in [-0.2, -0.15) is 10.2 Å². The minimum atomic E-state index is 0.0328. The molecule has 0 aromatic carbocycles. The van der Waals surface area contributed by atoms with Gasteiger partial charge in [-0.1, -0.05) is 6.92 Å². The van der Waals surface area contributed by atoms with Crippen LogP contribution in [0.2, 0.25) is 0 Å². The van der Waals surface area contributed by atoms with E-state index in [2.05, 4.69) is 10.2 Å². The fraction of sp³-hybridized carbons (Fsp3) is 0.667. The molecule has 0 saturated carbocycles. The van der Waals surface area contributed by atoms with E-state index in [4.69, 9.17) is 9.84 Å². The highest BCUT2D eigenvalue weighted by atomic mass is 16.5. The molecule has 0 aliphatic carbocycles. The number of piperidine rings is 1. The Labute approximate surface area is 125 Å². The molecule has 1 N–H and O–H groups in total. The topological polar surface area (TPSA) is 75.6 Å². The third-order valence-electron chi connectivity index (χ3n) is 3.73. The number of hydrogen-bond acceptors (Lipinski definition) is 5. The SMILES string of the molecule is CCc1nnc(C)cc1C(=O)N1CCC(OCCO)CC1. The van der Waals surface area contributed by atoms with Crippen LogP contribution >= 0.6 is 0 Å². The Morgan fingerprint density at radius 2 is 2.14 bits per heavy atom. The van der Waals surface area contributed by atoms with Crippen molar-refractivity contribution >= 4 is 5.91 Å². The number of aliphatic hydroxyl groups is 1. The Balaban J connectivity index is 2.00. The van der Waals surface area contributed by atoms with Gasteiger partial charge in [0.05, 0.1) is 36.3 Å². The van der Waals surface area contributed by atoms with Gasteiger partial charge in [0.2, 0.25) is 0 Å². The molecule has 21 heavy (non-hydrogen) atoms. The third-order valence-corrected chi connectivity index (χ3v) is 3.73. The van der Waals surface area contributed by atoms with Crippen LogP contribution in [0.1, 0.15) is 41.5 Å². The lowest BCUT2D eigenvalue weighted by atomic mass is 10.0. The summed E-state index contributed by atoms with van der Waals surface area (Å²) in [6.45, 7) is 5.59. The van der Waals surface area contributed by atoms with Gasteiger partial charge < -0.3 is 14.7 Å². The van der Waals surface area contributed by atoms with Crippen LogP contribution in [0.15, 0.2) is 6.07 Å². The van der Waals surface area contributed by atoms with Crippen molar-refractivity contribution in [3.05, 3.63) is 23.0 Å². The van der Waals surface area contributed by atoms with E-state index in [0.717, 1.165) is 24.2 Å². The Morgan fingerprint density at radius 1 is 1.43 bits per heavy atom. The summed E-state index contributed by atoms with van der Waals surface area (Å²) in [6.07, 6.45) is 2.46. The van der Waals surface area contributed by atoms with Gasteiger partial charge in [0.15, 0.2) is 0 Å². The Bertz CT molecular complexity index is 485. The van der Waals surface area contributed by atoms with E-state index in [0.29, 0.717) is 31.7 Å². The van der Waals surface area contributed by atoms with Crippen molar-refractivity contribution in [2.75, 3.05) is 26.3 Å². The van der Waals surface area contributed by atoms with Crippen molar-refractivity contribution in [1.29, 1.82) is 0 Å². The molecule has 1 aliphatic heterocycles. The van der Waals surface area contributed by atoms with Crippen molar-refractivity contribution < 1.29 is 14.6 Å². The summed E-state index contributed by atoms with van der Waals surface area (Å²) in [5.74, 6) is 0.0328. The van der Waals surface area contributed by atoms with Gasteiger partial charge in [-0.25, -0.2) is 0 Å². The van der Waals surface area contributed by atoms with E-state index < -0.39 is 0 Å². The number of amides is 1. The fourth-order valence-electron chi connectivity index (χ4n) is 2.58. The minimum Gasteiger partial charge on any atom is -0.394 e. The highest BCUT2D eigenvalue weighted by molar-refractivity contribution is 5.95. The maximum Gasteiger partial charge on any atom is 0.255 e. The molecule has 2 heterocycles. The van der Waals surface area contributed by atoms with E-state index in [1.807, 2.05) is 24.8 Å². The Morgan fingerprint density at radius 3 is 2.76 bits per heavy atom. The second-order valence-electron chi connectivity index (χ2n) is 5.29. The monoisotopic (exact) mass is 293 g/mol. The van der Waals surface area contributed by atoms with E-state index in [9.17, 15) is 4.79 Å². The molecule has 1 aliphatic rings. The maximum atomic E-state index is 12.6. The van der Waals surface area contributed by atoms with Crippen LogP contribution in [-0.4, -0.2) is 58.5 Å². The summed E-state index contributed by atoms with van der Waals surface area (Å²) in [7, 11) is 0. The molecule has 6 heteroatoms. The second kappa shape index (κ2) is 7.47. The van der Waals surface area contributed by atoms with Gasteiger partial charge in [0.1, 0.15) is 0 Å². The number of ether oxygens (including phenoxy) is 1. The largest absolute Gasteiger partial charge is 0.394 e. The zero-order valence-corrected chi connectivity index (χ0v) is 12.7. The zero-order chi connectivity index (χ0) is 15.2. The molecule has 0 unspecified atom stereocenters. The number of aliphatic hydroxyl groups excluding tert-OH is 1. The number of nitrogens with zero attached hydrogens (tertiary/aromatic N) is 3. The molecule has 1 amide bonds. The third kappa shape index (κ3) is 3.98. The van der Waals surface area contributed by atoms with Crippen LogP contribution in [0.4, 0.5) is 0 Å². The standard InChI is InChI=1S/C15H23N3O3/c1-3-14-13(10-11(2)16-17-14)15(20)18-6-4-12(5-7-18)21-9-8-19/h10,12,19H,3-9H2,1-2H3. The molecule has 0 spiro atoms. The zero-order valence-electron chi connectivity index (χ0n) is 12.7. The van der Waals surface area contributed by atoms with Gasteiger partial charge in [-0.3, -0.25) is 4.79 Å². The summed E-state index contributed by atoms with van der Waals surface area (Å²) in [6, 6.07) is 1.82. The molecular weight excluding hydrogens is 270 g/mol. The first-order valence-corrected chi connectivity index (χ1v) is 7.50. The fourth-order valence-corrected chi connectivity index (χ4v) is 2.58. The molecule has 1 fully saturated rings. The number of likely N-dealkylation sites (tertiary alicyclic amines) is 1. The first kappa shape index (κ1) is 15.9. The minimum absolute atomic E-state index is 0.0328. The van der Waals surface area contributed by atoms with Crippen LogP contribution in [0.3, 0.4) is 0 Å². The van der Waals surface area contributed by atoms with Gasteiger partial charge in [-0.05, 0) is 32.3 Å². The molecular formula is C15H23N3O3. The maximum absolute atomic E-state index is 12.6. The highest BCUT2D eigenvalue weighted by Crippen LogP contribution is 2.18. The number of carbonyl (C=O) groups is 1. The number of rotatable bonds is 5. The highest BCUT2D eigenvalue weighted by Gasteiger charge is 2.25. The predicted molar refractivity (Wildman–Crippen MR) is 78.1 cm³/mol. The average Bonchev–Trinajstić information content (AvgIpc) is 2.52. The van der Waals surface area contributed by atoms with Crippen LogP contribution in [0.25, 0.3) is 0 Å². The Hall–Kier alpha value is -1.53. The molecule has 0 atom stereocenters. The predicted octanol–water partition coefficient (Wildman–Crippen LogP) is 0.961. The van der Waals surface area contributed by atoms with Crippen molar-refractivity contribution in [3.63, 3.8) is 0 Å². The summed E-state index contributed by atoms with van der Waals surface area (Å²) < 4.78 is 5.52. The number of aryl methyl sites for hydroxylation is 2. The lowest BCUT2D eigenvalue weighted by molar-refractivity contribution is -0.00557.